The Morgan fingerprint density at radius 2 is 1.72 bits per heavy atom. The smallest absolute Gasteiger partial charge is 0.270 e. The van der Waals surface area contributed by atoms with E-state index >= 15 is 0 Å². The van der Waals surface area contributed by atoms with Gasteiger partial charge in [0.15, 0.2) is 0 Å². The molecule has 1 heterocycles. The summed E-state index contributed by atoms with van der Waals surface area (Å²) in [6.45, 7) is 8.78. The van der Waals surface area contributed by atoms with E-state index in [4.69, 9.17) is 0 Å². The largest absolute Gasteiger partial charge is 0.372 e. The molecule has 0 aliphatic rings. The highest BCUT2D eigenvalue weighted by Crippen LogP contribution is 2.21. The SMILES string of the molecule is CCN(CC)c1ccc(Nc2ccnc(C(=O)NCc3cccc(C)c3)c2)cc1. The summed E-state index contributed by atoms with van der Waals surface area (Å²) in [6, 6.07) is 20.0. The van der Waals surface area contributed by atoms with Crippen LogP contribution in [0.2, 0.25) is 0 Å². The second-order valence-electron chi connectivity index (χ2n) is 6.95. The molecule has 1 aromatic heterocycles. The summed E-state index contributed by atoms with van der Waals surface area (Å²) < 4.78 is 0. The average Bonchev–Trinajstić information content (AvgIpc) is 2.74. The van der Waals surface area contributed by atoms with Crippen molar-refractivity contribution in [3.63, 3.8) is 0 Å². The number of benzene rings is 2. The second-order valence-corrected chi connectivity index (χ2v) is 6.95. The number of nitrogens with one attached hydrogen (secondary N) is 2. The minimum Gasteiger partial charge on any atom is -0.372 e. The normalized spacial score (nSPS) is 10.4. The Morgan fingerprint density at radius 1 is 0.966 bits per heavy atom. The van der Waals surface area contributed by atoms with Gasteiger partial charge in [-0.3, -0.25) is 9.78 Å². The van der Waals surface area contributed by atoms with E-state index in [0.717, 1.165) is 30.0 Å². The van der Waals surface area contributed by atoms with Gasteiger partial charge in [-0.05, 0) is 62.7 Å². The molecular weight excluding hydrogens is 360 g/mol. The van der Waals surface area contributed by atoms with E-state index in [1.165, 1.54) is 11.3 Å². The Hall–Kier alpha value is -3.34. The highest BCUT2D eigenvalue weighted by Gasteiger charge is 2.08. The number of carbonyl (C=O) groups excluding carboxylic acids is 1. The van der Waals surface area contributed by atoms with Gasteiger partial charge in [-0.2, -0.15) is 0 Å². The molecule has 0 bridgehead atoms. The van der Waals surface area contributed by atoms with Gasteiger partial charge < -0.3 is 15.5 Å². The quantitative estimate of drug-likeness (QED) is 0.576. The Balaban J connectivity index is 1.63. The van der Waals surface area contributed by atoms with Gasteiger partial charge in [0.1, 0.15) is 5.69 Å². The summed E-state index contributed by atoms with van der Waals surface area (Å²) in [5.41, 5.74) is 5.64. The molecule has 0 saturated heterocycles. The van der Waals surface area contributed by atoms with E-state index < -0.39 is 0 Å². The standard InChI is InChI=1S/C24H28N4O/c1-4-28(5-2)22-11-9-20(10-12-22)27-21-13-14-25-23(16-21)24(29)26-17-19-8-6-7-18(3)15-19/h6-16H,4-5,17H2,1-3H3,(H,25,27)(H,26,29). The lowest BCUT2D eigenvalue weighted by Crippen LogP contribution is -2.23. The maximum atomic E-state index is 12.5. The van der Waals surface area contributed by atoms with Gasteiger partial charge in [0.2, 0.25) is 0 Å². The lowest BCUT2D eigenvalue weighted by atomic mass is 10.1. The topological polar surface area (TPSA) is 57.3 Å². The number of hydrogen-bond donors (Lipinski definition) is 2. The first kappa shape index (κ1) is 20.4. The summed E-state index contributed by atoms with van der Waals surface area (Å²) in [5, 5.41) is 6.28. The van der Waals surface area contributed by atoms with Gasteiger partial charge in [-0.15, -0.1) is 0 Å². The van der Waals surface area contributed by atoms with Gasteiger partial charge >= 0.3 is 0 Å². The van der Waals surface area contributed by atoms with Crippen molar-refractivity contribution in [2.24, 2.45) is 0 Å². The van der Waals surface area contributed by atoms with E-state index in [9.17, 15) is 4.79 Å². The van der Waals surface area contributed by atoms with E-state index in [1.807, 2.05) is 43.3 Å². The van der Waals surface area contributed by atoms with Crippen molar-refractivity contribution in [3.05, 3.63) is 83.7 Å². The molecular formula is C24H28N4O. The number of hydrogen-bond acceptors (Lipinski definition) is 4. The third kappa shape index (κ3) is 5.57. The number of aryl methyl sites for hydroxylation is 1. The Labute approximate surface area is 172 Å². The van der Waals surface area contributed by atoms with Crippen LogP contribution in [-0.4, -0.2) is 24.0 Å². The summed E-state index contributed by atoms with van der Waals surface area (Å²) >= 11 is 0. The average molecular weight is 389 g/mol. The van der Waals surface area contributed by atoms with Gasteiger partial charge in [0, 0.05) is 42.9 Å². The molecule has 5 nitrogen and oxygen atoms in total. The van der Waals surface area contributed by atoms with Crippen LogP contribution >= 0.6 is 0 Å². The van der Waals surface area contributed by atoms with Crippen LogP contribution in [-0.2, 0) is 6.54 Å². The van der Waals surface area contributed by atoms with Crippen molar-refractivity contribution in [1.82, 2.24) is 10.3 Å². The minimum absolute atomic E-state index is 0.188. The van der Waals surface area contributed by atoms with Crippen molar-refractivity contribution in [3.8, 4) is 0 Å². The summed E-state index contributed by atoms with van der Waals surface area (Å²) in [7, 11) is 0. The monoisotopic (exact) mass is 388 g/mol. The number of carbonyl (C=O) groups is 1. The molecule has 2 N–H and O–H groups in total. The van der Waals surface area contributed by atoms with Crippen LogP contribution < -0.4 is 15.5 Å². The molecule has 29 heavy (non-hydrogen) atoms. The summed E-state index contributed by atoms with van der Waals surface area (Å²) in [4.78, 5) is 19.0. The van der Waals surface area contributed by atoms with E-state index in [0.29, 0.717) is 12.2 Å². The second kappa shape index (κ2) is 9.73. The molecule has 0 aliphatic carbocycles. The molecule has 1 amide bonds. The lowest BCUT2D eigenvalue weighted by molar-refractivity contribution is 0.0946. The maximum absolute atomic E-state index is 12.5. The van der Waals surface area contributed by atoms with Gasteiger partial charge in [0.05, 0.1) is 0 Å². The molecule has 150 valence electrons. The molecule has 0 radical (unpaired) electrons. The molecule has 3 aromatic rings. The number of pyridine rings is 1. The third-order valence-corrected chi connectivity index (χ3v) is 4.81. The molecule has 3 rings (SSSR count). The fourth-order valence-corrected chi connectivity index (χ4v) is 3.24. The Morgan fingerprint density at radius 3 is 2.41 bits per heavy atom. The van der Waals surface area contributed by atoms with Crippen LogP contribution in [0.3, 0.4) is 0 Å². The van der Waals surface area contributed by atoms with Crippen molar-refractivity contribution in [2.45, 2.75) is 27.3 Å². The van der Waals surface area contributed by atoms with Crippen LogP contribution in [0.1, 0.15) is 35.5 Å². The Kier molecular flexibility index (Phi) is 6.85. The number of rotatable bonds is 8. The highest BCUT2D eigenvalue weighted by molar-refractivity contribution is 5.93. The van der Waals surface area contributed by atoms with E-state index in [2.05, 4.69) is 52.6 Å². The zero-order valence-corrected chi connectivity index (χ0v) is 17.3. The van der Waals surface area contributed by atoms with Crippen LogP contribution in [0.5, 0.6) is 0 Å². The van der Waals surface area contributed by atoms with Crippen molar-refractivity contribution < 1.29 is 4.79 Å². The fourth-order valence-electron chi connectivity index (χ4n) is 3.24. The molecule has 0 atom stereocenters. The first-order valence-electron chi connectivity index (χ1n) is 10.0. The van der Waals surface area contributed by atoms with Crippen LogP contribution in [0.25, 0.3) is 0 Å². The summed E-state index contributed by atoms with van der Waals surface area (Å²) in [6.07, 6.45) is 1.65. The summed E-state index contributed by atoms with van der Waals surface area (Å²) in [5.74, 6) is -0.188. The molecule has 0 saturated carbocycles. The van der Waals surface area contributed by atoms with Gasteiger partial charge in [0.25, 0.3) is 5.91 Å². The van der Waals surface area contributed by atoms with Gasteiger partial charge in [-0.25, -0.2) is 0 Å². The predicted octanol–water partition coefficient (Wildman–Crippen LogP) is 4.91. The van der Waals surface area contributed by atoms with Gasteiger partial charge in [-0.1, -0.05) is 29.8 Å². The Bertz CT molecular complexity index is 949. The van der Waals surface area contributed by atoms with E-state index in [-0.39, 0.29) is 5.91 Å². The van der Waals surface area contributed by atoms with Crippen molar-refractivity contribution >= 4 is 23.0 Å². The number of aromatic nitrogens is 1. The van der Waals surface area contributed by atoms with E-state index in [1.54, 1.807) is 12.3 Å². The number of amides is 1. The van der Waals surface area contributed by atoms with Crippen molar-refractivity contribution in [2.75, 3.05) is 23.3 Å². The minimum atomic E-state index is -0.188. The number of anilines is 3. The molecule has 5 heteroatoms. The zero-order chi connectivity index (χ0) is 20.6. The number of nitrogens with zero attached hydrogens (tertiary/aromatic N) is 2. The third-order valence-electron chi connectivity index (χ3n) is 4.81. The van der Waals surface area contributed by atoms with Crippen LogP contribution in [0.15, 0.2) is 66.9 Å². The van der Waals surface area contributed by atoms with Crippen LogP contribution in [0.4, 0.5) is 17.1 Å². The lowest BCUT2D eigenvalue weighted by Gasteiger charge is -2.21. The molecule has 0 unspecified atom stereocenters. The molecule has 2 aromatic carbocycles. The molecule has 0 fully saturated rings. The fraction of sp³-hybridized carbons (Fsp3) is 0.250. The predicted molar refractivity (Wildman–Crippen MR) is 120 cm³/mol. The molecule has 0 spiro atoms. The first-order chi connectivity index (χ1) is 14.1. The maximum Gasteiger partial charge on any atom is 0.270 e. The highest BCUT2D eigenvalue weighted by atomic mass is 16.1. The molecule has 0 aliphatic heterocycles. The zero-order valence-electron chi connectivity index (χ0n) is 17.3. The first-order valence-corrected chi connectivity index (χ1v) is 10.0. The van der Waals surface area contributed by atoms with Crippen LogP contribution in [0, 0.1) is 6.92 Å². The van der Waals surface area contributed by atoms with Crippen molar-refractivity contribution in [1.29, 1.82) is 0 Å².